The Kier molecular flexibility index (Phi) is 5.40. The van der Waals surface area contributed by atoms with Crippen LogP contribution in [0.4, 0.5) is 0 Å². The molecule has 3 rings (SSSR count). The summed E-state index contributed by atoms with van der Waals surface area (Å²) in [4.78, 5) is 14.9. The zero-order valence-electron chi connectivity index (χ0n) is 15.1. The number of carboxylic acids is 1. The highest BCUT2D eigenvalue weighted by Gasteiger charge is 2.44. The second-order valence-corrected chi connectivity index (χ2v) is 7.16. The smallest absolute Gasteiger partial charge is 0.314 e. The SMILES string of the molecule is CC(C)C(CCN1CCOCC1)(C(=O)O)c1cccc2ccccc12. The average Bonchev–Trinajstić information content (AvgIpc) is 2.62. The van der Waals surface area contributed by atoms with Gasteiger partial charge >= 0.3 is 5.97 Å². The standard InChI is InChI=1S/C21H27NO3/c1-16(2)21(20(23)24,10-11-22-12-14-25-15-13-22)19-9-5-7-17-6-3-4-8-18(17)19/h3-9,16H,10-15H2,1-2H3,(H,23,24). The van der Waals surface area contributed by atoms with Gasteiger partial charge in [0.1, 0.15) is 0 Å². The van der Waals surface area contributed by atoms with Crippen LogP contribution in [0.25, 0.3) is 10.8 Å². The van der Waals surface area contributed by atoms with E-state index in [0.717, 1.165) is 49.2 Å². The summed E-state index contributed by atoms with van der Waals surface area (Å²) in [7, 11) is 0. The number of carboxylic acid groups (broad SMARTS) is 1. The maximum atomic E-state index is 12.5. The van der Waals surface area contributed by atoms with Crippen molar-refractivity contribution in [3.05, 3.63) is 48.0 Å². The zero-order valence-corrected chi connectivity index (χ0v) is 15.1. The van der Waals surface area contributed by atoms with E-state index < -0.39 is 11.4 Å². The van der Waals surface area contributed by atoms with Gasteiger partial charge in [0.25, 0.3) is 0 Å². The summed E-state index contributed by atoms with van der Waals surface area (Å²) in [6, 6.07) is 14.1. The molecule has 1 saturated heterocycles. The molecule has 4 heteroatoms. The molecule has 2 aromatic rings. The second-order valence-electron chi connectivity index (χ2n) is 7.16. The fourth-order valence-electron chi connectivity index (χ4n) is 3.98. The van der Waals surface area contributed by atoms with Crippen LogP contribution in [0.3, 0.4) is 0 Å². The molecule has 0 bridgehead atoms. The lowest BCUT2D eigenvalue weighted by molar-refractivity contribution is -0.146. The molecule has 1 heterocycles. The molecule has 134 valence electrons. The van der Waals surface area contributed by atoms with Crippen LogP contribution in [-0.4, -0.2) is 48.8 Å². The number of rotatable bonds is 6. The van der Waals surface area contributed by atoms with E-state index in [4.69, 9.17) is 4.74 Å². The second kappa shape index (κ2) is 7.54. The molecule has 1 unspecified atom stereocenters. The summed E-state index contributed by atoms with van der Waals surface area (Å²) in [5.41, 5.74) is 0.0421. The van der Waals surface area contributed by atoms with Gasteiger partial charge in [-0.15, -0.1) is 0 Å². The van der Waals surface area contributed by atoms with Crippen molar-refractivity contribution in [1.29, 1.82) is 0 Å². The van der Waals surface area contributed by atoms with Crippen LogP contribution in [0.15, 0.2) is 42.5 Å². The minimum atomic E-state index is -0.890. The lowest BCUT2D eigenvalue weighted by Crippen LogP contribution is -2.46. The molecule has 0 radical (unpaired) electrons. The first-order valence-corrected chi connectivity index (χ1v) is 9.07. The number of ether oxygens (including phenoxy) is 1. The monoisotopic (exact) mass is 341 g/mol. The minimum Gasteiger partial charge on any atom is -0.481 e. The normalized spacial score (nSPS) is 18.4. The molecule has 0 aliphatic carbocycles. The van der Waals surface area contributed by atoms with Crippen molar-refractivity contribution < 1.29 is 14.6 Å². The van der Waals surface area contributed by atoms with E-state index in [2.05, 4.69) is 4.90 Å². The first-order chi connectivity index (χ1) is 12.1. The average molecular weight is 341 g/mol. The third-order valence-corrected chi connectivity index (χ3v) is 5.56. The molecule has 4 nitrogen and oxygen atoms in total. The van der Waals surface area contributed by atoms with E-state index in [0.29, 0.717) is 6.42 Å². The molecule has 1 atom stereocenters. The number of carbonyl (C=O) groups is 1. The Morgan fingerprint density at radius 3 is 2.52 bits per heavy atom. The molecular formula is C21H27NO3. The molecule has 2 aromatic carbocycles. The summed E-state index contributed by atoms with van der Waals surface area (Å²) < 4.78 is 5.41. The van der Waals surface area contributed by atoms with E-state index in [9.17, 15) is 9.90 Å². The van der Waals surface area contributed by atoms with Crippen LogP contribution in [0.2, 0.25) is 0 Å². The van der Waals surface area contributed by atoms with Crippen LogP contribution < -0.4 is 0 Å². The minimum absolute atomic E-state index is 0.00292. The van der Waals surface area contributed by atoms with Gasteiger partial charge < -0.3 is 9.84 Å². The van der Waals surface area contributed by atoms with Gasteiger partial charge in [0.15, 0.2) is 0 Å². The van der Waals surface area contributed by atoms with Crippen LogP contribution in [0.5, 0.6) is 0 Å². The predicted molar refractivity (Wildman–Crippen MR) is 100.0 cm³/mol. The molecule has 1 fully saturated rings. The Labute approximate surface area is 149 Å². The Morgan fingerprint density at radius 2 is 1.84 bits per heavy atom. The number of hydrogen-bond donors (Lipinski definition) is 1. The largest absolute Gasteiger partial charge is 0.481 e. The van der Waals surface area contributed by atoms with Gasteiger partial charge in [-0.25, -0.2) is 0 Å². The summed E-state index contributed by atoms with van der Waals surface area (Å²) in [5.74, 6) is -0.732. The zero-order chi connectivity index (χ0) is 17.9. The highest BCUT2D eigenvalue weighted by molar-refractivity contribution is 5.93. The van der Waals surface area contributed by atoms with Crippen molar-refractivity contribution >= 4 is 16.7 Å². The van der Waals surface area contributed by atoms with Gasteiger partial charge in [-0.2, -0.15) is 0 Å². The van der Waals surface area contributed by atoms with E-state index in [1.54, 1.807) is 0 Å². The van der Waals surface area contributed by atoms with Gasteiger partial charge in [-0.1, -0.05) is 56.3 Å². The van der Waals surface area contributed by atoms with Crippen molar-refractivity contribution in [2.45, 2.75) is 25.7 Å². The number of hydrogen-bond acceptors (Lipinski definition) is 3. The van der Waals surface area contributed by atoms with Crippen molar-refractivity contribution in [2.24, 2.45) is 5.92 Å². The quantitative estimate of drug-likeness (QED) is 0.873. The van der Waals surface area contributed by atoms with Crippen LogP contribution in [0, 0.1) is 5.92 Å². The molecule has 0 saturated carbocycles. The Balaban J connectivity index is 2.02. The third kappa shape index (κ3) is 3.42. The number of benzene rings is 2. The number of aliphatic carboxylic acids is 1. The molecule has 1 aliphatic rings. The van der Waals surface area contributed by atoms with E-state index >= 15 is 0 Å². The predicted octanol–water partition coefficient (Wildman–Crippen LogP) is 3.54. The molecule has 0 spiro atoms. The van der Waals surface area contributed by atoms with Crippen molar-refractivity contribution in [3.8, 4) is 0 Å². The topological polar surface area (TPSA) is 49.8 Å². The molecular weight excluding hydrogens is 314 g/mol. The van der Waals surface area contributed by atoms with E-state index in [-0.39, 0.29) is 5.92 Å². The van der Waals surface area contributed by atoms with Crippen LogP contribution in [0.1, 0.15) is 25.8 Å². The Morgan fingerprint density at radius 1 is 1.16 bits per heavy atom. The highest BCUT2D eigenvalue weighted by Crippen LogP contribution is 2.40. The van der Waals surface area contributed by atoms with E-state index in [1.807, 2.05) is 56.3 Å². The number of nitrogens with zero attached hydrogens (tertiary/aromatic N) is 1. The first kappa shape index (κ1) is 17.9. The summed E-state index contributed by atoms with van der Waals surface area (Å²) >= 11 is 0. The Hall–Kier alpha value is -1.91. The fraction of sp³-hybridized carbons (Fsp3) is 0.476. The van der Waals surface area contributed by atoms with Crippen molar-refractivity contribution in [2.75, 3.05) is 32.8 Å². The third-order valence-electron chi connectivity index (χ3n) is 5.56. The van der Waals surface area contributed by atoms with E-state index in [1.165, 1.54) is 0 Å². The molecule has 1 N–H and O–H groups in total. The maximum absolute atomic E-state index is 12.5. The lowest BCUT2D eigenvalue weighted by Gasteiger charge is -2.37. The summed E-state index contributed by atoms with van der Waals surface area (Å²) in [6.07, 6.45) is 0.605. The number of morpholine rings is 1. The fourth-order valence-corrected chi connectivity index (χ4v) is 3.98. The molecule has 1 aliphatic heterocycles. The summed E-state index contributed by atoms with van der Waals surface area (Å²) in [5, 5.41) is 12.4. The number of fused-ring (bicyclic) bond motifs is 1. The highest BCUT2D eigenvalue weighted by atomic mass is 16.5. The lowest BCUT2D eigenvalue weighted by atomic mass is 9.68. The van der Waals surface area contributed by atoms with Gasteiger partial charge in [-0.05, 0) is 35.2 Å². The van der Waals surface area contributed by atoms with Gasteiger partial charge in [0.05, 0.1) is 18.6 Å². The van der Waals surface area contributed by atoms with Gasteiger partial charge in [-0.3, -0.25) is 9.69 Å². The van der Waals surface area contributed by atoms with Crippen LogP contribution >= 0.6 is 0 Å². The summed E-state index contributed by atoms with van der Waals surface area (Å²) in [6.45, 7) is 8.04. The Bertz CT molecular complexity index is 732. The van der Waals surface area contributed by atoms with Crippen LogP contribution in [-0.2, 0) is 14.9 Å². The molecule has 0 aromatic heterocycles. The van der Waals surface area contributed by atoms with Gasteiger partial charge in [0, 0.05) is 13.1 Å². The van der Waals surface area contributed by atoms with Crippen molar-refractivity contribution in [1.82, 2.24) is 4.90 Å². The molecule has 0 amide bonds. The first-order valence-electron chi connectivity index (χ1n) is 9.07. The van der Waals surface area contributed by atoms with Gasteiger partial charge in [0.2, 0.25) is 0 Å². The maximum Gasteiger partial charge on any atom is 0.314 e. The molecule has 25 heavy (non-hydrogen) atoms. The van der Waals surface area contributed by atoms with Crippen molar-refractivity contribution in [3.63, 3.8) is 0 Å².